The zero-order chi connectivity index (χ0) is 13.3. The number of benzene rings is 1. The third-order valence-electron chi connectivity index (χ3n) is 1.91. The van der Waals surface area contributed by atoms with Crippen LogP contribution in [0.4, 0.5) is 24.0 Å². The molecule has 18 heavy (non-hydrogen) atoms. The molecule has 2 N–H and O–H groups in total. The number of halogens is 4. The Hall–Kier alpha value is -0.930. The molecule has 0 bridgehead atoms. The summed E-state index contributed by atoms with van der Waals surface area (Å²) in [7, 11) is 0. The van der Waals surface area contributed by atoms with Gasteiger partial charge in [0.25, 0.3) is 0 Å². The van der Waals surface area contributed by atoms with Crippen molar-refractivity contribution in [2.75, 3.05) is 5.32 Å². The molecular weight excluding hydrogens is 351 g/mol. The Labute approximate surface area is 117 Å². The van der Waals surface area contributed by atoms with E-state index in [1.165, 1.54) is 6.07 Å². The molecule has 2 aromatic rings. The van der Waals surface area contributed by atoms with Crippen LogP contribution >= 0.6 is 39.5 Å². The van der Waals surface area contributed by atoms with Gasteiger partial charge in [0.15, 0.2) is 3.95 Å². The summed E-state index contributed by atoms with van der Waals surface area (Å²) in [4.78, 5) is 0. The van der Waals surface area contributed by atoms with Crippen LogP contribution in [0.3, 0.4) is 0 Å². The van der Waals surface area contributed by atoms with Crippen molar-refractivity contribution in [2.45, 2.75) is 6.18 Å². The van der Waals surface area contributed by atoms with Crippen LogP contribution in [0.5, 0.6) is 0 Å². The van der Waals surface area contributed by atoms with E-state index >= 15 is 0 Å². The number of nitrogens with zero attached hydrogens (tertiary/aromatic N) is 1. The predicted octanol–water partition coefficient (Wildman–Crippen LogP) is 4.73. The van der Waals surface area contributed by atoms with E-state index in [9.17, 15) is 13.2 Å². The highest BCUT2D eigenvalue weighted by atomic mass is 79.9. The second-order valence-corrected chi connectivity index (χ2v) is 5.85. The van der Waals surface area contributed by atoms with Crippen LogP contribution in [-0.2, 0) is 6.18 Å². The summed E-state index contributed by atoms with van der Waals surface area (Å²) in [5, 5.41) is 9.52. The topological polar surface area (TPSA) is 40.7 Å². The van der Waals surface area contributed by atoms with E-state index < -0.39 is 11.7 Å². The third kappa shape index (κ3) is 3.30. The highest BCUT2D eigenvalue weighted by Crippen LogP contribution is 2.34. The van der Waals surface area contributed by atoms with Crippen molar-refractivity contribution in [2.24, 2.45) is 0 Å². The molecule has 1 heterocycles. The van der Waals surface area contributed by atoms with E-state index in [1.54, 1.807) is 0 Å². The summed E-state index contributed by atoms with van der Waals surface area (Å²) in [5.74, 6) is 0. The molecular formula is C9H5BrF3N3S2. The molecule has 0 aliphatic heterocycles. The highest BCUT2D eigenvalue weighted by Gasteiger charge is 2.31. The molecule has 1 aromatic heterocycles. The lowest BCUT2D eigenvalue weighted by atomic mass is 10.2. The summed E-state index contributed by atoms with van der Waals surface area (Å²) in [5.41, 5.74) is -0.451. The summed E-state index contributed by atoms with van der Waals surface area (Å²) < 4.78 is 38.6. The van der Waals surface area contributed by atoms with Gasteiger partial charge in [0.05, 0.1) is 5.56 Å². The number of H-pyrrole nitrogens is 1. The summed E-state index contributed by atoms with van der Waals surface area (Å²) in [6.07, 6.45) is -4.39. The van der Waals surface area contributed by atoms with E-state index in [0.29, 0.717) is 13.6 Å². The van der Waals surface area contributed by atoms with Gasteiger partial charge < -0.3 is 5.32 Å². The zero-order valence-electron chi connectivity index (χ0n) is 8.51. The normalized spacial score (nSPS) is 11.6. The standard InChI is InChI=1S/C9H5BrF3N3S2/c10-5-1-4(9(11,12)13)2-6(3-5)14-7-15-16-8(17)18-7/h1-3H,(H,14,15)(H,16,17). The van der Waals surface area contributed by atoms with E-state index in [4.69, 9.17) is 12.2 Å². The van der Waals surface area contributed by atoms with Crippen molar-refractivity contribution < 1.29 is 13.2 Å². The molecule has 0 saturated carbocycles. The van der Waals surface area contributed by atoms with Gasteiger partial charge in [-0.05, 0) is 30.4 Å². The van der Waals surface area contributed by atoms with Crippen molar-refractivity contribution in [3.8, 4) is 0 Å². The molecule has 0 radical (unpaired) electrons. The molecule has 0 aliphatic rings. The van der Waals surface area contributed by atoms with E-state index in [1.807, 2.05) is 0 Å². The number of hydrogen-bond donors (Lipinski definition) is 2. The number of aromatic nitrogens is 2. The molecule has 0 fully saturated rings. The van der Waals surface area contributed by atoms with Crippen LogP contribution < -0.4 is 5.32 Å². The molecule has 2 rings (SSSR count). The van der Waals surface area contributed by atoms with Gasteiger partial charge in [0.2, 0.25) is 5.13 Å². The van der Waals surface area contributed by atoms with Crippen LogP contribution in [0.2, 0.25) is 0 Å². The van der Waals surface area contributed by atoms with E-state index in [2.05, 4.69) is 31.4 Å². The van der Waals surface area contributed by atoms with E-state index in [0.717, 1.165) is 23.5 Å². The van der Waals surface area contributed by atoms with Crippen molar-refractivity contribution in [1.29, 1.82) is 0 Å². The maximum Gasteiger partial charge on any atom is 0.416 e. The van der Waals surface area contributed by atoms with Crippen LogP contribution in [-0.4, -0.2) is 10.2 Å². The maximum atomic E-state index is 12.6. The van der Waals surface area contributed by atoms with Gasteiger partial charge in [0, 0.05) is 10.2 Å². The van der Waals surface area contributed by atoms with Crippen LogP contribution in [0, 0.1) is 3.95 Å². The fraction of sp³-hybridized carbons (Fsp3) is 0.111. The Kier molecular flexibility index (Phi) is 3.74. The first-order valence-electron chi connectivity index (χ1n) is 4.55. The Bertz CT molecular complexity index is 620. The molecule has 9 heteroatoms. The summed E-state index contributed by atoms with van der Waals surface area (Å²) in [6, 6.07) is 3.55. The Morgan fingerprint density at radius 2 is 2.06 bits per heavy atom. The number of anilines is 2. The average molecular weight is 356 g/mol. The van der Waals surface area contributed by atoms with Crippen molar-refractivity contribution in [3.05, 3.63) is 32.2 Å². The molecule has 3 nitrogen and oxygen atoms in total. The van der Waals surface area contributed by atoms with Gasteiger partial charge in [-0.25, -0.2) is 0 Å². The zero-order valence-corrected chi connectivity index (χ0v) is 11.7. The minimum atomic E-state index is -4.39. The van der Waals surface area contributed by atoms with Crippen LogP contribution in [0.25, 0.3) is 0 Å². The fourth-order valence-corrected chi connectivity index (χ4v) is 2.54. The monoisotopic (exact) mass is 355 g/mol. The molecule has 0 spiro atoms. The number of nitrogens with one attached hydrogen (secondary N) is 2. The molecule has 0 amide bonds. The first-order valence-corrected chi connectivity index (χ1v) is 6.57. The van der Waals surface area contributed by atoms with Crippen molar-refractivity contribution >= 4 is 50.3 Å². The van der Waals surface area contributed by atoms with Crippen molar-refractivity contribution in [1.82, 2.24) is 10.2 Å². The largest absolute Gasteiger partial charge is 0.416 e. The molecule has 1 aromatic carbocycles. The lowest BCUT2D eigenvalue weighted by molar-refractivity contribution is -0.137. The second kappa shape index (κ2) is 4.98. The van der Waals surface area contributed by atoms with Crippen LogP contribution in [0.15, 0.2) is 22.7 Å². The average Bonchev–Trinajstić information content (AvgIpc) is 2.61. The van der Waals surface area contributed by atoms with Gasteiger partial charge in [0.1, 0.15) is 0 Å². The maximum absolute atomic E-state index is 12.6. The molecule has 96 valence electrons. The summed E-state index contributed by atoms with van der Waals surface area (Å²) in [6.45, 7) is 0. The number of alkyl halides is 3. The quantitative estimate of drug-likeness (QED) is 0.765. The minimum Gasteiger partial charge on any atom is -0.330 e. The third-order valence-corrected chi connectivity index (χ3v) is 3.38. The highest BCUT2D eigenvalue weighted by molar-refractivity contribution is 9.10. The van der Waals surface area contributed by atoms with Gasteiger partial charge in [-0.2, -0.15) is 13.2 Å². The summed E-state index contributed by atoms with van der Waals surface area (Å²) >= 11 is 9.01. The van der Waals surface area contributed by atoms with Gasteiger partial charge in [-0.1, -0.05) is 27.3 Å². The Balaban J connectivity index is 2.34. The van der Waals surface area contributed by atoms with Crippen molar-refractivity contribution in [3.63, 3.8) is 0 Å². The van der Waals surface area contributed by atoms with Crippen LogP contribution in [0.1, 0.15) is 5.56 Å². The Morgan fingerprint density at radius 1 is 1.33 bits per heavy atom. The molecule has 0 aliphatic carbocycles. The SMILES string of the molecule is FC(F)(F)c1cc(Br)cc(Nc2n[nH]c(=S)s2)c1. The minimum absolute atomic E-state index is 0.287. The van der Waals surface area contributed by atoms with Gasteiger partial charge >= 0.3 is 6.18 Å². The first-order chi connectivity index (χ1) is 8.34. The number of aromatic amines is 1. The fourth-order valence-electron chi connectivity index (χ4n) is 1.23. The van der Waals surface area contributed by atoms with Gasteiger partial charge in [-0.3, -0.25) is 5.10 Å². The molecule has 0 atom stereocenters. The smallest absolute Gasteiger partial charge is 0.330 e. The number of hydrogen-bond acceptors (Lipinski definition) is 4. The lowest BCUT2D eigenvalue weighted by Crippen LogP contribution is -2.05. The predicted molar refractivity (Wildman–Crippen MR) is 69.7 cm³/mol. The molecule has 0 unspecified atom stereocenters. The lowest BCUT2D eigenvalue weighted by Gasteiger charge is -2.10. The second-order valence-electron chi connectivity index (χ2n) is 3.27. The first kappa shape index (κ1) is 13.5. The van der Waals surface area contributed by atoms with Gasteiger partial charge in [-0.15, -0.1) is 5.10 Å². The number of rotatable bonds is 2. The van der Waals surface area contributed by atoms with E-state index in [-0.39, 0.29) is 5.69 Å². The molecule has 0 saturated heterocycles. The Morgan fingerprint density at radius 3 is 2.61 bits per heavy atom.